The van der Waals surface area contributed by atoms with Gasteiger partial charge >= 0.3 is 0 Å². The van der Waals surface area contributed by atoms with Crippen LogP contribution in [0.4, 0.5) is 11.5 Å². The number of carbonyl (C=O) groups excluding carboxylic acids is 1. The van der Waals surface area contributed by atoms with E-state index in [1.54, 1.807) is 16.6 Å². The Labute approximate surface area is 179 Å². The number of benzene rings is 1. The van der Waals surface area contributed by atoms with E-state index < -0.39 is 10.0 Å². The Hall–Kier alpha value is -2.45. The molecule has 30 heavy (non-hydrogen) atoms. The number of nitrogens with one attached hydrogen (secondary N) is 1. The zero-order valence-electron chi connectivity index (χ0n) is 17.8. The number of piperidine rings is 1. The van der Waals surface area contributed by atoms with E-state index >= 15 is 0 Å². The van der Waals surface area contributed by atoms with Crippen molar-refractivity contribution in [2.24, 2.45) is 5.92 Å². The monoisotopic (exact) mass is 430 g/mol. The van der Waals surface area contributed by atoms with Crippen LogP contribution in [0.25, 0.3) is 0 Å². The first-order valence-corrected chi connectivity index (χ1v) is 11.9. The molecule has 2 heterocycles. The first-order chi connectivity index (χ1) is 14.3. The molecule has 0 radical (unpaired) electrons. The Morgan fingerprint density at radius 2 is 1.83 bits per heavy atom. The van der Waals surface area contributed by atoms with Crippen LogP contribution in [-0.2, 0) is 10.0 Å². The van der Waals surface area contributed by atoms with Crippen LogP contribution in [-0.4, -0.2) is 55.5 Å². The van der Waals surface area contributed by atoms with Crippen LogP contribution in [0.15, 0.2) is 48.7 Å². The summed E-state index contributed by atoms with van der Waals surface area (Å²) in [5.74, 6) is 0.838. The topological polar surface area (TPSA) is 82.6 Å². The number of pyridine rings is 1. The quantitative estimate of drug-likeness (QED) is 0.730. The summed E-state index contributed by atoms with van der Waals surface area (Å²) in [7, 11) is -1.29. The van der Waals surface area contributed by atoms with Gasteiger partial charge in [0.25, 0.3) is 5.91 Å². The fourth-order valence-electron chi connectivity index (χ4n) is 3.58. The number of hydrogen-bond acceptors (Lipinski definition) is 5. The van der Waals surface area contributed by atoms with Crippen LogP contribution >= 0.6 is 0 Å². The number of aromatic nitrogens is 1. The molecule has 0 aliphatic carbocycles. The number of sulfonamides is 1. The Balaban J connectivity index is 1.54. The summed E-state index contributed by atoms with van der Waals surface area (Å²) < 4.78 is 26.3. The van der Waals surface area contributed by atoms with E-state index in [9.17, 15) is 13.2 Å². The smallest absolute Gasteiger partial charge is 0.253 e. The summed E-state index contributed by atoms with van der Waals surface area (Å²) >= 11 is 0. The molecule has 1 aromatic heterocycles. The molecular formula is C22H30N4O3S. The van der Waals surface area contributed by atoms with Gasteiger partial charge in [-0.2, -0.15) is 0 Å². The van der Waals surface area contributed by atoms with E-state index in [2.05, 4.69) is 10.3 Å². The minimum absolute atomic E-state index is 0.0327. The highest BCUT2D eigenvalue weighted by Crippen LogP contribution is 2.21. The minimum Gasteiger partial charge on any atom is -0.349 e. The van der Waals surface area contributed by atoms with E-state index in [4.69, 9.17) is 0 Å². The summed E-state index contributed by atoms with van der Waals surface area (Å²) in [6.45, 7) is 4.70. The van der Waals surface area contributed by atoms with Gasteiger partial charge in [0.15, 0.2) is 0 Å². The fraction of sp³-hybridized carbons (Fsp3) is 0.455. The predicted molar refractivity (Wildman–Crippen MR) is 119 cm³/mol. The molecule has 1 fully saturated rings. The Morgan fingerprint density at radius 3 is 2.40 bits per heavy atom. The van der Waals surface area contributed by atoms with Crippen molar-refractivity contribution in [3.63, 3.8) is 0 Å². The van der Waals surface area contributed by atoms with Gasteiger partial charge in [0.05, 0.1) is 11.3 Å². The Morgan fingerprint density at radius 1 is 1.17 bits per heavy atom. The van der Waals surface area contributed by atoms with Gasteiger partial charge in [-0.05, 0) is 43.0 Å². The summed E-state index contributed by atoms with van der Waals surface area (Å²) in [4.78, 5) is 19.0. The lowest BCUT2D eigenvalue weighted by Gasteiger charge is -2.32. The third kappa shape index (κ3) is 5.58. The van der Waals surface area contributed by atoms with E-state index in [-0.39, 0.29) is 23.6 Å². The lowest BCUT2D eigenvalue weighted by atomic mass is 10.1. The average molecular weight is 431 g/mol. The maximum absolute atomic E-state index is 12.6. The number of carbonyl (C=O) groups is 1. The number of para-hydroxylation sites is 1. The van der Waals surface area contributed by atoms with Crippen molar-refractivity contribution in [1.29, 1.82) is 0 Å². The van der Waals surface area contributed by atoms with Gasteiger partial charge in [0.1, 0.15) is 5.82 Å². The number of nitrogens with zero attached hydrogens (tertiary/aromatic N) is 3. The highest BCUT2D eigenvalue weighted by molar-refractivity contribution is 7.89. The van der Waals surface area contributed by atoms with Gasteiger partial charge in [0, 0.05) is 38.1 Å². The van der Waals surface area contributed by atoms with Crippen molar-refractivity contribution in [2.45, 2.75) is 32.7 Å². The molecule has 0 atom stereocenters. The molecule has 1 aliphatic heterocycles. The van der Waals surface area contributed by atoms with Crippen molar-refractivity contribution in [2.75, 3.05) is 30.8 Å². The van der Waals surface area contributed by atoms with Gasteiger partial charge in [-0.3, -0.25) is 4.79 Å². The second-order valence-electron chi connectivity index (χ2n) is 8.12. The molecule has 2 aromatic rings. The summed E-state index contributed by atoms with van der Waals surface area (Å²) in [6.07, 6.45) is 2.81. The molecule has 8 heteroatoms. The fourth-order valence-corrected chi connectivity index (χ4v) is 5.40. The number of rotatable bonds is 7. The van der Waals surface area contributed by atoms with Gasteiger partial charge in [-0.1, -0.05) is 32.0 Å². The maximum Gasteiger partial charge on any atom is 0.253 e. The largest absolute Gasteiger partial charge is 0.349 e. The van der Waals surface area contributed by atoms with Crippen LogP contribution in [0.1, 0.15) is 37.0 Å². The van der Waals surface area contributed by atoms with Gasteiger partial charge in [-0.15, -0.1) is 0 Å². The normalized spacial score (nSPS) is 15.9. The van der Waals surface area contributed by atoms with Crippen LogP contribution in [0.2, 0.25) is 0 Å². The van der Waals surface area contributed by atoms with E-state index in [0.29, 0.717) is 31.5 Å². The zero-order chi connectivity index (χ0) is 21.7. The predicted octanol–water partition coefficient (Wildman–Crippen LogP) is 3.03. The maximum atomic E-state index is 12.6. The van der Waals surface area contributed by atoms with E-state index in [0.717, 1.165) is 11.5 Å². The molecule has 0 bridgehead atoms. The molecule has 7 nitrogen and oxygen atoms in total. The number of hydrogen-bond donors (Lipinski definition) is 1. The molecular weight excluding hydrogens is 400 g/mol. The second kappa shape index (κ2) is 9.57. The molecule has 162 valence electrons. The van der Waals surface area contributed by atoms with Gasteiger partial charge in [-0.25, -0.2) is 17.7 Å². The van der Waals surface area contributed by atoms with E-state index in [1.165, 1.54) is 0 Å². The van der Waals surface area contributed by atoms with Gasteiger partial charge in [0.2, 0.25) is 10.0 Å². The van der Waals surface area contributed by atoms with Crippen LogP contribution in [0, 0.1) is 5.92 Å². The lowest BCUT2D eigenvalue weighted by molar-refractivity contribution is 0.0923. The first kappa shape index (κ1) is 22.2. The SMILES string of the molecule is CC(C)CS(=O)(=O)N1CCC(NC(=O)c2ccc(N(C)c3ccccc3)nc2)CC1. The first-order valence-electron chi connectivity index (χ1n) is 10.3. The van der Waals surface area contributed by atoms with Crippen molar-refractivity contribution in [1.82, 2.24) is 14.6 Å². The van der Waals surface area contributed by atoms with Crippen LogP contribution in [0.5, 0.6) is 0 Å². The summed E-state index contributed by atoms with van der Waals surface area (Å²) in [5.41, 5.74) is 1.51. The molecule has 1 aromatic carbocycles. The summed E-state index contributed by atoms with van der Waals surface area (Å²) in [6, 6.07) is 13.4. The van der Waals surface area contributed by atoms with E-state index in [1.807, 2.05) is 62.2 Å². The van der Waals surface area contributed by atoms with Crippen molar-refractivity contribution >= 4 is 27.4 Å². The Bertz CT molecular complexity index is 938. The third-order valence-electron chi connectivity index (χ3n) is 5.22. The minimum atomic E-state index is -3.22. The highest BCUT2D eigenvalue weighted by Gasteiger charge is 2.29. The molecule has 0 spiro atoms. The molecule has 1 amide bonds. The zero-order valence-corrected chi connectivity index (χ0v) is 18.6. The third-order valence-corrected chi connectivity index (χ3v) is 7.46. The molecule has 0 saturated carbocycles. The van der Waals surface area contributed by atoms with Gasteiger partial charge < -0.3 is 10.2 Å². The number of amides is 1. The van der Waals surface area contributed by atoms with Crippen LogP contribution < -0.4 is 10.2 Å². The average Bonchev–Trinajstić information content (AvgIpc) is 2.73. The van der Waals surface area contributed by atoms with Crippen molar-refractivity contribution < 1.29 is 13.2 Å². The summed E-state index contributed by atoms with van der Waals surface area (Å²) in [5, 5.41) is 3.01. The molecule has 0 unspecified atom stereocenters. The molecule has 1 N–H and O–H groups in total. The molecule has 3 rings (SSSR count). The molecule has 1 saturated heterocycles. The number of anilines is 2. The highest BCUT2D eigenvalue weighted by atomic mass is 32.2. The molecule has 1 aliphatic rings. The van der Waals surface area contributed by atoms with Crippen molar-refractivity contribution in [3.8, 4) is 0 Å². The Kier molecular flexibility index (Phi) is 7.10. The van der Waals surface area contributed by atoms with Crippen LogP contribution in [0.3, 0.4) is 0 Å². The standard InChI is InChI=1S/C22H30N4O3S/c1-17(2)16-30(28,29)26-13-11-19(12-14-26)24-22(27)18-9-10-21(23-15-18)25(3)20-7-5-4-6-8-20/h4-10,15,17,19H,11-14,16H2,1-3H3,(H,24,27). The second-order valence-corrected chi connectivity index (χ2v) is 10.1. The van der Waals surface area contributed by atoms with Crippen molar-refractivity contribution in [3.05, 3.63) is 54.2 Å². The lowest BCUT2D eigenvalue weighted by Crippen LogP contribution is -2.47.